The van der Waals surface area contributed by atoms with Gasteiger partial charge in [0.25, 0.3) is 0 Å². The minimum atomic E-state index is -0.0346. The molecule has 1 N–H and O–H groups in total. The Labute approximate surface area is 182 Å². The number of anilines is 1. The highest BCUT2D eigenvalue weighted by Crippen LogP contribution is 2.23. The summed E-state index contributed by atoms with van der Waals surface area (Å²) in [6.07, 6.45) is 2.67. The van der Waals surface area contributed by atoms with Crippen LogP contribution in [0.5, 0.6) is 5.75 Å². The number of hydrogen-bond donors (Lipinski definition) is 1. The second-order valence-electron chi connectivity index (χ2n) is 8.35. The molecule has 164 valence electrons. The average Bonchev–Trinajstić information content (AvgIpc) is 3.23. The summed E-state index contributed by atoms with van der Waals surface area (Å²) in [6.45, 7) is 6.36. The topological polar surface area (TPSA) is 84.6 Å². The van der Waals surface area contributed by atoms with Crippen LogP contribution in [-0.4, -0.2) is 52.5 Å². The van der Waals surface area contributed by atoms with Crippen molar-refractivity contribution >= 4 is 17.4 Å². The first-order valence-corrected chi connectivity index (χ1v) is 10.9. The zero-order chi connectivity index (χ0) is 21.8. The van der Waals surface area contributed by atoms with Crippen molar-refractivity contribution in [3.8, 4) is 5.75 Å². The molecule has 31 heavy (non-hydrogen) atoms. The molecule has 1 fully saturated rings. The number of nitrogens with one attached hydrogen (secondary N) is 1. The van der Waals surface area contributed by atoms with Gasteiger partial charge in [0.15, 0.2) is 11.5 Å². The molecule has 1 aliphatic rings. The minimum absolute atomic E-state index is 0.0346. The summed E-state index contributed by atoms with van der Waals surface area (Å²) in [6, 6.07) is 11.9. The Balaban J connectivity index is 1.36. The van der Waals surface area contributed by atoms with E-state index >= 15 is 0 Å². The number of amides is 1. The Morgan fingerprint density at radius 3 is 2.74 bits per heavy atom. The number of rotatable bonds is 7. The van der Waals surface area contributed by atoms with Gasteiger partial charge in [-0.3, -0.25) is 4.79 Å². The van der Waals surface area contributed by atoms with E-state index in [4.69, 9.17) is 9.84 Å². The third kappa shape index (κ3) is 4.78. The maximum absolute atomic E-state index is 12.8. The third-order valence-electron chi connectivity index (χ3n) is 5.78. The highest BCUT2D eigenvalue weighted by molar-refractivity contribution is 5.79. The van der Waals surface area contributed by atoms with Gasteiger partial charge in [-0.2, -0.15) is 4.52 Å². The summed E-state index contributed by atoms with van der Waals surface area (Å²) in [4.78, 5) is 15.0. The first kappa shape index (κ1) is 21.1. The molecule has 4 rings (SSSR count). The molecule has 1 aliphatic heterocycles. The van der Waals surface area contributed by atoms with Crippen molar-refractivity contribution in [3.63, 3.8) is 0 Å². The summed E-state index contributed by atoms with van der Waals surface area (Å²) >= 11 is 0. The number of nitrogens with zero attached hydrogens (tertiary/aromatic N) is 5. The molecule has 0 aliphatic carbocycles. The Hall–Kier alpha value is -3.16. The predicted molar refractivity (Wildman–Crippen MR) is 120 cm³/mol. The van der Waals surface area contributed by atoms with E-state index in [2.05, 4.69) is 34.3 Å². The summed E-state index contributed by atoms with van der Waals surface area (Å²) in [5, 5.41) is 16.3. The van der Waals surface area contributed by atoms with Gasteiger partial charge in [0, 0.05) is 25.6 Å². The molecule has 0 spiro atoms. The van der Waals surface area contributed by atoms with Crippen molar-refractivity contribution in [2.24, 2.45) is 5.92 Å². The Morgan fingerprint density at radius 2 is 2.00 bits per heavy atom. The quantitative estimate of drug-likeness (QED) is 0.630. The Bertz CT molecular complexity index is 1030. The highest BCUT2D eigenvalue weighted by atomic mass is 16.5. The van der Waals surface area contributed by atoms with E-state index in [-0.39, 0.29) is 17.7 Å². The molecule has 1 saturated heterocycles. The van der Waals surface area contributed by atoms with Gasteiger partial charge in [0.05, 0.1) is 13.0 Å². The van der Waals surface area contributed by atoms with Crippen molar-refractivity contribution in [2.75, 3.05) is 31.6 Å². The van der Waals surface area contributed by atoms with Crippen LogP contribution in [0.2, 0.25) is 0 Å². The van der Waals surface area contributed by atoms with Gasteiger partial charge in [-0.1, -0.05) is 26.0 Å². The third-order valence-corrected chi connectivity index (χ3v) is 5.78. The van der Waals surface area contributed by atoms with Crippen LogP contribution in [0, 0.1) is 5.92 Å². The normalized spacial score (nSPS) is 16.6. The van der Waals surface area contributed by atoms with Crippen molar-refractivity contribution < 1.29 is 9.53 Å². The number of ether oxygens (including phenoxy) is 1. The van der Waals surface area contributed by atoms with E-state index in [1.807, 2.05) is 40.9 Å². The number of piperidine rings is 1. The summed E-state index contributed by atoms with van der Waals surface area (Å²) < 4.78 is 7.00. The van der Waals surface area contributed by atoms with Crippen molar-refractivity contribution in [1.29, 1.82) is 0 Å². The number of hydrogen-bond acceptors (Lipinski definition) is 6. The lowest BCUT2D eigenvalue weighted by molar-refractivity contribution is -0.125. The maximum atomic E-state index is 12.8. The van der Waals surface area contributed by atoms with Crippen molar-refractivity contribution in [1.82, 2.24) is 25.1 Å². The Kier molecular flexibility index (Phi) is 6.34. The van der Waals surface area contributed by atoms with Crippen LogP contribution in [0.4, 0.5) is 5.82 Å². The molecule has 0 radical (unpaired) electrons. The van der Waals surface area contributed by atoms with Gasteiger partial charge in [0.1, 0.15) is 11.6 Å². The fourth-order valence-corrected chi connectivity index (χ4v) is 3.99. The fourth-order valence-electron chi connectivity index (χ4n) is 3.99. The molecular formula is C23H30N6O2. The molecule has 0 unspecified atom stereocenters. The molecule has 0 saturated carbocycles. The van der Waals surface area contributed by atoms with Gasteiger partial charge in [-0.05, 0) is 49.1 Å². The monoisotopic (exact) mass is 422 g/mol. The van der Waals surface area contributed by atoms with E-state index in [0.29, 0.717) is 13.1 Å². The first-order chi connectivity index (χ1) is 15.0. The lowest BCUT2D eigenvalue weighted by Gasteiger charge is -2.32. The van der Waals surface area contributed by atoms with Gasteiger partial charge < -0.3 is 15.0 Å². The van der Waals surface area contributed by atoms with Gasteiger partial charge in [0.2, 0.25) is 5.91 Å². The fraction of sp³-hybridized carbons (Fsp3) is 0.478. The number of methoxy groups -OCH3 is 1. The number of carbonyl (C=O) groups excluding carboxylic acids is 1. The molecular weight excluding hydrogens is 392 g/mol. The molecule has 8 heteroatoms. The van der Waals surface area contributed by atoms with Crippen molar-refractivity contribution in [3.05, 3.63) is 47.8 Å². The molecule has 0 bridgehead atoms. The molecule has 1 aromatic carbocycles. The van der Waals surface area contributed by atoms with E-state index in [9.17, 15) is 4.79 Å². The zero-order valence-electron chi connectivity index (χ0n) is 18.4. The van der Waals surface area contributed by atoms with Crippen molar-refractivity contribution in [2.45, 2.75) is 39.0 Å². The van der Waals surface area contributed by atoms with Crippen LogP contribution < -0.4 is 15.0 Å². The van der Waals surface area contributed by atoms with Crippen LogP contribution >= 0.6 is 0 Å². The van der Waals surface area contributed by atoms with E-state index in [1.54, 1.807) is 7.11 Å². The van der Waals surface area contributed by atoms with Crippen LogP contribution in [0.25, 0.3) is 5.65 Å². The number of aromatic nitrogens is 4. The molecule has 1 atom stereocenters. The first-order valence-electron chi connectivity index (χ1n) is 10.9. The maximum Gasteiger partial charge on any atom is 0.224 e. The lowest BCUT2D eigenvalue weighted by atomic mass is 9.97. The average molecular weight is 423 g/mol. The second-order valence-corrected chi connectivity index (χ2v) is 8.35. The van der Waals surface area contributed by atoms with Crippen LogP contribution in [0.3, 0.4) is 0 Å². The SMILES string of the molecule is COc1ccc(CCNC(=O)[C@@H]2CCCN(c3ccc4nnc(C(C)C)n4n3)C2)cc1. The Morgan fingerprint density at radius 1 is 1.19 bits per heavy atom. The number of carbonyl (C=O) groups is 1. The molecule has 3 heterocycles. The van der Waals surface area contributed by atoms with Gasteiger partial charge in [-0.25, -0.2) is 0 Å². The van der Waals surface area contributed by atoms with E-state index in [0.717, 1.165) is 48.8 Å². The predicted octanol–water partition coefficient (Wildman–Crippen LogP) is 2.83. The van der Waals surface area contributed by atoms with Gasteiger partial charge in [-0.15, -0.1) is 15.3 Å². The standard InChI is InChI=1S/C23H30N6O2/c1-16(2)22-26-25-20-10-11-21(27-29(20)22)28-14-4-5-18(15-28)23(30)24-13-12-17-6-8-19(31-3)9-7-17/h6-11,16,18H,4-5,12-15H2,1-3H3,(H,24,30)/t18-/m1/s1. The second kappa shape index (κ2) is 9.32. The van der Waals surface area contributed by atoms with E-state index in [1.165, 1.54) is 5.56 Å². The highest BCUT2D eigenvalue weighted by Gasteiger charge is 2.27. The molecule has 1 amide bonds. The lowest BCUT2D eigenvalue weighted by Crippen LogP contribution is -2.44. The smallest absolute Gasteiger partial charge is 0.224 e. The van der Waals surface area contributed by atoms with Crippen LogP contribution in [-0.2, 0) is 11.2 Å². The largest absolute Gasteiger partial charge is 0.497 e. The summed E-state index contributed by atoms with van der Waals surface area (Å²) in [5.41, 5.74) is 1.93. The van der Waals surface area contributed by atoms with Crippen LogP contribution in [0.1, 0.15) is 44.0 Å². The zero-order valence-corrected chi connectivity index (χ0v) is 18.4. The number of benzene rings is 1. The summed E-state index contributed by atoms with van der Waals surface area (Å²) in [7, 11) is 1.66. The van der Waals surface area contributed by atoms with E-state index < -0.39 is 0 Å². The van der Waals surface area contributed by atoms with Crippen LogP contribution in [0.15, 0.2) is 36.4 Å². The molecule has 2 aromatic heterocycles. The number of fused-ring (bicyclic) bond motifs is 1. The van der Waals surface area contributed by atoms with Gasteiger partial charge >= 0.3 is 0 Å². The molecule has 3 aromatic rings. The summed E-state index contributed by atoms with van der Waals surface area (Å²) in [5.74, 6) is 2.88. The molecule has 8 nitrogen and oxygen atoms in total. The minimum Gasteiger partial charge on any atom is -0.497 e.